The Labute approximate surface area is 97.4 Å². The van der Waals surface area contributed by atoms with Gasteiger partial charge in [0.25, 0.3) is 0 Å². The first-order valence-electron chi connectivity index (χ1n) is 5.25. The van der Waals surface area contributed by atoms with Crippen LogP contribution in [0.5, 0.6) is 0 Å². The number of fused-ring (bicyclic) bond motifs is 1. The Hall–Kier alpha value is -1.68. The van der Waals surface area contributed by atoms with Crippen molar-refractivity contribution in [3.8, 4) is 5.69 Å². The van der Waals surface area contributed by atoms with Crippen LogP contribution < -0.4 is 0 Å². The Balaban J connectivity index is 2.18. The van der Waals surface area contributed by atoms with Gasteiger partial charge in [0.1, 0.15) is 0 Å². The Morgan fingerprint density at radius 2 is 2.25 bits per heavy atom. The molecule has 0 unspecified atom stereocenters. The lowest BCUT2D eigenvalue weighted by molar-refractivity contribution is 0.815. The third-order valence-corrected chi connectivity index (χ3v) is 3.43. The maximum absolute atomic E-state index is 4.35. The van der Waals surface area contributed by atoms with Crippen LogP contribution in [0.4, 0.5) is 0 Å². The van der Waals surface area contributed by atoms with Gasteiger partial charge in [0.2, 0.25) is 0 Å². The highest BCUT2D eigenvalue weighted by molar-refractivity contribution is 7.16. The van der Waals surface area contributed by atoms with E-state index >= 15 is 0 Å². The third-order valence-electron chi connectivity index (χ3n) is 2.64. The smallest absolute Gasteiger partial charge is 0.0813 e. The van der Waals surface area contributed by atoms with Crippen molar-refractivity contribution in [2.75, 3.05) is 0 Å². The largest absolute Gasteiger partial charge is 0.245 e. The predicted molar refractivity (Wildman–Crippen MR) is 66.1 cm³/mol. The standard InChI is InChI=1S/C12H11N3S/c1-2-9-5-6-14-15(9)10-3-4-11-12(7-10)16-8-13-11/h3-8H,2H2,1H3. The number of nitrogens with zero attached hydrogens (tertiary/aromatic N) is 3. The molecular formula is C12H11N3S. The topological polar surface area (TPSA) is 30.7 Å². The summed E-state index contributed by atoms with van der Waals surface area (Å²) in [5.41, 5.74) is 5.26. The van der Waals surface area contributed by atoms with E-state index in [0.717, 1.165) is 17.6 Å². The molecule has 0 aliphatic carbocycles. The van der Waals surface area contributed by atoms with Crippen molar-refractivity contribution in [2.45, 2.75) is 13.3 Å². The number of hydrogen-bond acceptors (Lipinski definition) is 3. The van der Waals surface area contributed by atoms with Gasteiger partial charge in [0.15, 0.2) is 0 Å². The molecule has 0 spiro atoms. The monoisotopic (exact) mass is 229 g/mol. The lowest BCUT2D eigenvalue weighted by Gasteiger charge is -2.05. The first-order chi connectivity index (χ1) is 7.88. The van der Waals surface area contributed by atoms with E-state index < -0.39 is 0 Å². The lowest BCUT2D eigenvalue weighted by atomic mass is 10.3. The highest BCUT2D eigenvalue weighted by Gasteiger charge is 2.04. The molecule has 0 aliphatic heterocycles. The van der Waals surface area contributed by atoms with E-state index in [2.05, 4.69) is 35.2 Å². The summed E-state index contributed by atoms with van der Waals surface area (Å²) in [5.74, 6) is 0. The minimum atomic E-state index is 0.987. The van der Waals surface area contributed by atoms with Crippen LogP contribution in [0.1, 0.15) is 12.6 Å². The summed E-state index contributed by atoms with van der Waals surface area (Å²) in [7, 11) is 0. The molecule has 0 amide bonds. The fourth-order valence-corrected chi connectivity index (χ4v) is 2.52. The maximum Gasteiger partial charge on any atom is 0.0813 e. The minimum Gasteiger partial charge on any atom is -0.245 e. The minimum absolute atomic E-state index is 0.987. The van der Waals surface area contributed by atoms with E-state index in [1.54, 1.807) is 11.3 Å². The van der Waals surface area contributed by atoms with Gasteiger partial charge in [-0.05, 0) is 30.7 Å². The normalized spacial score (nSPS) is 11.1. The highest BCUT2D eigenvalue weighted by atomic mass is 32.1. The van der Waals surface area contributed by atoms with Gasteiger partial charge in [-0.1, -0.05) is 6.92 Å². The number of aromatic nitrogens is 3. The molecule has 0 fully saturated rings. The lowest BCUT2D eigenvalue weighted by Crippen LogP contribution is -2.00. The van der Waals surface area contributed by atoms with Gasteiger partial charge in [-0.15, -0.1) is 11.3 Å². The van der Waals surface area contributed by atoms with E-state index in [4.69, 9.17) is 0 Å². The van der Waals surface area contributed by atoms with Crippen molar-refractivity contribution in [1.29, 1.82) is 0 Å². The molecule has 3 rings (SSSR count). The average Bonchev–Trinajstić information content (AvgIpc) is 2.96. The molecule has 16 heavy (non-hydrogen) atoms. The first kappa shape index (κ1) is 9.54. The van der Waals surface area contributed by atoms with Crippen molar-refractivity contribution < 1.29 is 0 Å². The summed E-state index contributed by atoms with van der Waals surface area (Å²) in [6, 6.07) is 8.30. The van der Waals surface area contributed by atoms with E-state index in [1.807, 2.05) is 22.5 Å². The van der Waals surface area contributed by atoms with Gasteiger partial charge in [-0.3, -0.25) is 0 Å². The summed E-state index contributed by atoms with van der Waals surface area (Å²) in [6.07, 6.45) is 2.83. The second kappa shape index (κ2) is 3.72. The molecule has 0 saturated carbocycles. The molecule has 4 heteroatoms. The molecule has 2 aromatic heterocycles. The third kappa shape index (κ3) is 1.42. The van der Waals surface area contributed by atoms with Gasteiger partial charge in [0, 0.05) is 11.9 Å². The summed E-state index contributed by atoms with van der Waals surface area (Å²) in [5, 5.41) is 4.35. The quantitative estimate of drug-likeness (QED) is 0.676. The molecule has 0 saturated heterocycles. The molecule has 3 nitrogen and oxygen atoms in total. The van der Waals surface area contributed by atoms with Gasteiger partial charge < -0.3 is 0 Å². The summed E-state index contributed by atoms with van der Waals surface area (Å²) in [6.45, 7) is 2.14. The second-order valence-corrected chi connectivity index (χ2v) is 4.48. The number of benzene rings is 1. The fraction of sp³-hybridized carbons (Fsp3) is 0.167. The molecule has 3 aromatic rings. The van der Waals surface area contributed by atoms with Crippen molar-refractivity contribution in [2.24, 2.45) is 0 Å². The highest BCUT2D eigenvalue weighted by Crippen LogP contribution is 2.21. The Bertz CT molecular complexity index is 624. The van der Waals surface area contributed by atoms with Crippen LogP contribution in [0, 0.1) is 0 Å². The maximum atomic E-state index is 4.35. The average molecular weight is 229 g/mol. The molecule has 0 bridgehead atoms. The Morgan fingerprint density at radius 1 is 1.31 bits per heavy atom. The van der Waals surface area contributed by atoms with Crippen molar-refractivity contribution in [3.63, 3.8) is 0 Å². The zero-order valence-corrected chi connectivity index (χ0v) is 9.74. The molecule has 1 aromatic carbocycles. The van der Waals surface area contributed by atoms with Crippen LogP contribution in [-0.2, 0) is 6.42 Å². The molecule has 2 heterocycles. The number of hydrogen-bond donors (Lipinski definition) is 0. The van der Waals surface area contributed by atoms with Crippen LogP contribution in [0.2, 0.25) is 0 Å². The van der Waals surface area contributed by atoms with Crippen LogP contribution >= 0.6 is 11.3 Å². The van der Waals surface area contributed by atoms with E-state index in [0.29, 0.717) is 0 Å². The SMILES string of the molecule is CCc1ccnn1-c1ccc2ncsc2c1. The zero-order chi connectivity index (χ0) is 11.0. The molecule has 0 N–H and O–H groups in total. The molecule has 80 valence electrons. The molecule has 0 atom stereocenters. The number of thiazole rings is 1. The van der Waals surface area contributed by atoms with E-state index in [9.17, 15) is 0 Å². The summed E-state index contributed by atoms with van der Waals surface area (Å²) < 4.78 is 3.19. The van der Waals surface area contributed by atoms with Crippen LogP contribution in [0.25, 0.3) is 15.9 Å². The summed E-state index contributed by atoms with van der Waals surface area (Å²) >= 11 is 1.66. The number of rotatable bonds is 2. The van der Waals surface area contributed by atoms with Gasteiger partial charge in [-0.2, -0.15) is 5.10 Å². The van der Waals surface area contributed by atoms with Gasteiger partial charge >= 0.3 is 0 Å². The van der Waals surface area contributed by atoms with Gasteiger partial charge in [0.05, 0.1) is 21.4 Å². The van der Waals surface area contributed by atoms with Crippen LogP contribution in [0.15, 0.2) is 36.0 Å². The second-order valence-electron chi connectivity index (χ2n) is 3.59. The van der Waals surface area contributed by atoms with E-state index in [1.165, 1.54) is 10.4 Å². The van der Waals surface area contributed by atoms with Crippen molar-refractivity contribution in [3.05, 3.63) is 41.7 Å². The number of aryl methyl sites for hydroxylation is 1. The van der Waals surface area contributed by atoms with Crippen LogP contribution in [0.3, 0.4) is 0 Å². The molecular weight excluding hydrogens is 218 g/mol. The first-order valence-corrected chi connectivity index (χ1v) is 6.13. The van der Waals surface area contributed by atoms with Crippen molar-refractivity contribution >= 4 is 21.6 Å². The Morgan fingerprint density at radius 3 is 3.12 bits per heavy atom. The molecule has 0 radical (unpaired) electrons. The van der Waals surface area contributed by atoms with Crippen molar-refractivity contribution in [1.82, 2.24) is 14.8 Å². The fourth-order valence-electron chi connectivity index (χ4n) is 1.81. The van der Waals surface area contributed by atoms with E-state index in [-0.39, 0.29) is 0 Å². The predicted octanol–water partition coefficient (Wildman–Crippen LogP) is 3.04. The summed E-state index contributed by atoms with van der Waals surface area (Å²) in [4.78, 5) is 4.27. The Kier molecular flexibility index (Phi) is 2.22. The van der Waals surface area contributed by atoms with Gasteiger partial charge in [-0.25, -0.2) is 9.67 Å². The van der Waals surface area contributed by atoms with Crippen LogP contribution in [-0.4, -0.2) is 14.8 Å². The molecule has 0 aliphatic rings. The zero-order valence-electron chi connectivity index (χ0n) is 8.92.